The summed E-state index contributed by atoms with van der Waals surface area (Å²) in [4.78, 5) is 21.2. The second-order valence-electron chi connectivity index (χ2n) is 7.45. The molecule has 0 saturated heterocycles. The molecule has 0 N–H and O–H groups in total. The maximum absolute atomic E-state index is 12.9. The number of rotatable bonds is 6. The monoisotopic (exact) mass is 444 g/mol. The maximum atomic E-state index is 12.9. The van der Waals surface area contributed by atoms with Gasteiger partial charge in [-0.15, -0.1) is 11.8 Å². The molecule has 0 aromatic carbocycles. The first-order chi connectivity index (χ1) is 14.4. The summed E-state index contributed by atoms with van der Waals surface area (Å²) < 4.78 is 28.8. The molecule has 0 amide bonds. The first-order valence-corrected chi connectivity index (χ1v) is 12.4. The molecular weight excluding hydrogens is 420 g/mol. The smallest absolute Gasteiger partial charge is 0.258 e. The molecule has 7 nitrogen and oxygen atoms in total. The van der Waals surface area contributed by atoms with Gasteiger partial charge in [0.25, 0.3) is 5.56 Å². The Morgan fingerprint density at radius 2 is 1.97 bits per heavy atom. The zero-order valence-electron chi connectivity index (χ0n) is 16.8. The third kappa shape index (κ3) is 4.43. The molecule has 0 spiro atoms. The summed E-state index contributed by atoms with van der Waals surface area (Å²) in [6.45, 7) is 0. The average Bonchev–Trinajstić information content (AvgIpc) is 2.78. The van der Waals surface area contributed by atoms with Crippen LogP contribution in [-0.2, 0) is 15.8 Å². The third-order valence-electron chi connectivity index (χ3n) is 5.47. The first-order valence-electron chi connectivity index (χ1n) is 9.99. The van der Waals surface area contributed by atoms with Gasteiger partial charge in [-0.3, -0.25) is 9.20 Å². The van der Waals surface area contributed by atoms with Crippen LogP contribution in [0.15, 0.2) is 63.5 Å². The molecule has 0 aliphatic heterocycles. The van der Waals surface area contributed by atoms with E-state index >= 15 is 0 Å². The van der Waals surface area contributed by atoms with E-state index in [1.165, 1.54) is 39.2 Å². The summed E-state index contributed by atoms with van der Waals surface area (Å²) in [6, 6.07) is 10.3. The molecule has 3 aromatic rings. The molecular formula is C21H24N4O3S2. The van der Waals surface area contributed by atoms with Crippen molar-refractivity contribution in [3.05, 3.63) is 64.8 Å². The van der Waals surface area contributed by atoms with Gasteiger partial charge in [0.15, 0.2) is 0 Å². The van der Waals surface area contributed by atoms with E-state index in [1.807, 2.05) is 6.07 Å². The summed E-state index contributed by atoms with van der Waals surface area (Å²) in [5, 5.41) is 0.685. The molecule has 1 aliphatic carbocycles. The van der Waals surface area contributed by atoms with Crippen LogP contribution in [0.3, 0.4) is 0 Å². The van der Waals surface area contributed by atoms with E-state index in [9.17, 15) is 13.2 Å². The highest BCUT2D eigenvalue weighted by atomic mass is 32.2. The number of hydrogen-bond donors (Lipinski definition) is 0. The minimum absolute atomic E-state index is 0.0657. The Hall–Kier alpha value is -2.23. The predicted molar refractivity (Wildman–Crippen MR) is 117 cm³/mol. The lowest BCUT2D eigenvalue weighted by molar-refractivity contribution is 0.285. The van der Waals surface area contributed by atoms with Crippen molar-refractivity contribution in [3.63, 3.8) is 0 Å². The van der Waals surface area contributed by atoms with Crippen LogP contribution in [0.4, 0.5) is 0 Å². The summed E-state index contributed by atoms with van der Waals surface area (Å²) >= 11 is 1.42. The second-order valence-corrected chi connectivity index (χ2v) is 10.4. The highest BCUT2D eigenvalue weighted by Crippen LogP contribution is 2.27. The van der Waals surface area contributed by atoms with Gasteiger partial charge in [0.05, 0.1) is 10.7 Å². The zero-order valence-corrected chi connectivity index (χ0v) is 18.4. The van der Waals surface area contributed by atoms with E-state index in [0.29, 0.717) is 22.1 Å². The summed E-state index contributed by atoms with van der Waals surface area (Å²) in [6.07, 6.45) is 8.25. The molecule has 1 fully saturated rings. The van der Waals surface area contributed by atoms with Crippen molar-refractivity contribution in [2.75, 3.05) is 7.05 Å². The molecule has 158 valence electrons. The fourth-order valence-corrected chi connectivity index (χ4v) is 5.83. The average molecular weight is 445 g/mol. The lowest BCUT2D eigenvalue weighted by atomic mass is 9.96. The maximum Gasteiger partial charge on any atom is 0.258 e. The molecule has 9 heteroatoms. The van der Waals surface area contributed by atoms with Crippen LogP contribution in [0.2, 0.25) is 0 Å². The van der Waals surface area contributed by atoms with Gasteiger partial charge in [0, 0.05) is 37.3 Å². The van der Waals surface area contributed by atoms with Gasteiger partial charge in [-0.05, 0) is 37.1 Å². The summed E-state index contributed by atoms with van der Waals surface area (Å²) in [7, 11) is -1.88. The van der Waals surface area contributed by atoms with Crippen molar-refractivity contribution >= 4 is 27.4 Å². The van der Waals surface area contributed by atoms with Crippen LogP contribution >= 0.6 is 11.8 Å². The standard InChI is InChI=1S/C21H24N4O3S2/c1-24(17-7-3-2-4-8-17)30(27,28)18-10-11-20(22-14-18)29-15-16-13-21(26)25-12-6-5-9-19(25)23-16/h5-6,9-14,17H,2-4,7-8,15H2,1H3. The predicted octanol–water partition coefficient (Wildman–Crippen LogP) is 3.34. The highest BCUT2D eigenvalue weighted by molar-refractivity contribution is 7.98. The van der Waals surface area contributed by atoms with Crippen molar-refractivity contribution in [2.45, 2.75) is 53.8 Å². The van der Waals surface area contributed by atoms with Crippen molar-refractivity contribution in [1.29, 1.82) is 0 Å². The van der Waals surface area contributed by atoms with Crippen molar-refractivity contribution in [1.82, 2.24) is 18.7 Å². The fourth-order valence-electron chi connectivity index (χ4n) is 3.74. The van der Waals surface area contributed by atoms with Gasteiger partial charge >= 0.3 is 0 Å². The number of hydrogen-bond acceptors (Lipinski definition) is 6. The topological polar surface area (TPSA) is 84.6 Å². The SMILES string of the molecule is CN(C1CCCCC1)S(=O)(=O)c1ccc(SCc2cc(=O)n3ccccc3n2)nc1. The summed E-state index contributed by atoms with van der Waals surface area (Å²) in [5.41, 5.74) is 1.13. The number of thioether (sulfide) groups is 1. The van der Waals surface area contributed by atoms with Crippen LogP contribution < -0.4 is 5.56 Å². The summed E-state index contributed by atoms with van der Waals surface area (Å²) in [5.74, 6) is 0.474. The Labute approximate surface area is 180 Å². The van der Waals surface area contributed by atoms with Gasteiger partial charge in [0.2, 0.25) is 10.0 Å². The lowest BCUT2D eigenvalue weighted by Gasteiger charge is -2.30. The van der Waals surface area contributed by atoms with E-state index in [0.717, 1.165) is 25.7 Å². The number of nitrogens with zero attached hydrogens (tertiary/aromatic N) is 4. The van der Waals surface area contributed by atoms with Gasteiger partial charge < -0.3 is 0 Å². The molecule has 30 heavy (non-hydrogen) atoms. The van der Waals surface area contributed by atoms with Crippen molar-refractivity contribution < 1.29 is 8.42 Å². The Bertz CT molecular complexity index is 1190. The number of pyridine rings is 2. The normalized spacial score (nSPS) is 15.7. The zero-order chi connectivity index (χ0) is 21.1. The molecule has 4 rings (SSSR count). The van der Waals surface area contributed by atoms with Gasteiger partial charge in [-0.2, -0.15) is 4.31 Å². The Kier molecular flexibility index (Phi) is 6.21. The van der Waals surface area contributed by atoms with Crippen molar-refractivity contribution in [3.8, 4) is 0 Å². The van der Waals surface area contributed by atoms with Gasteiger partial charge in [-0.1, -0.05) is 25.3 Å². The number of sulfonamides is 1. The van der Waals surface area contributed by atoms with Crippen LogP contribution in [0.25, 0.3) is 5.65 Å². The van der Waals surface area contributed by atoms with Crippen LogP contribution in [0.5, 0.6) is 0 Å². The van der Waals surface area contributed by atoms with E-state index in [4.69, 9.17) is 0 Å². The van der Waals surface area contributed by atoms with Crippen LogP contribution in [-0.4, -0.2) is 40.2 Å². The Morgan fingerprint density at radius 1 is 1.17 bits per heavy atom. The van der Waals surface area contributed by atoms with E-state index in [2.05, 4.69) is 9.97 Å². The van der Waals surface area contributed by atoms with E-state index in [-0.39, 0.29) is 16.5 Å². The molecule has 1 saturated carbocycles. The fraction of sp³-hybridized carbons (Fsp3) is 0.381. The number of aromatic nitrogens is 3. The molecule has 0 atom stereocenters. The minimum Gasteiger partial charge on any atom is -0.269 e. The first kappa shape index (κ1) is 21.0. The molecule has 0 bridgehead atoms. The highest BCUT2D eigenvalue weighted by Gasteiger charge is 2.29. The Morgan fingerprint density at radius 3 is 2.70 bits per heavy atom. The van der Waals surface area contributed by atoms with E-state index in [1.54, 1.807) is 37.5 Å². The van der Waals surface area contributed by atoms with Gasteiger partial charge in [0.1, 0.15) is 10.5 Å². The van der Waals surface area contributed by atoms with Crippen LogP contribution in [0, 0.1) is 0 Å². The molecule has 3 heterocycles. The quantitative estimate of drug-likeness (QED) is 0.542. The third-order valence-corrected chi connectivity index (χ3v) is 8.34. The van der Waals surface area contributed by atoms with Gasteiger partial charge in [-0.25, -0.2) is 18.4 Å². The van der Waals surface area contributed by atoms with E-state index < -0.39 is 10.0 Å². The van der Waals surface area contributed by atoms with Crippen molar-refractivity contribution in [2.24, 2.45) is 0 Å². The lowest BCUT2D eigenvalue weighted by Crippen LogP contribution is -2.38. The molecule has 1 aliphatic rings. The largest absolute Gasteiger partial charge is 0.269 e. The van der Waals surface area contributed by atoms with Crippen LogP contribution in [0.1, 0.15) is 37.8 Å². The minimum atomic E-state index is -3.55. The molecule has 0 unspecified atom stereocenters. The Balaban J connectivity index is 1.45. The molecule has 3 aromatic heterocycles. The second kappa shape index (κ2) is 8.87. The molecule has 0 radical (unpaired) electrons. The number of fused-ring (bicyclic) bond motifs is 1.